The molecule has 0 saturated heterocycles. The zero-order valence-corrected chi connectivity index (χ0v) is 11.1. The Kier molecular flexibility index (Phi) is 4.56. The van der Waals surface area contributed by atoms with Gasteiger partial charge in [-0.1, -0.05) is 6.07 Å². The molecule has 0 radical (unpaired) electrons. The molecule has 0 fully saturated rings. The molecule has 1 amide bonds. The van der Waals surface area contributed by atoms with E-state index in [2.05, 4.69) is 15.3 Å². The molecule has 2 rings (SSSR count). The maximum absolute atomic E-state index is 11.8. The second-order valence-electron chi connectivity index (χ2n) is 3.76. The lowest BCUT2D eigenvalue weighted by Gasteiger charge is -2.02. The molecular formula is C13H11N3O3S. The average molecular weight is 289 g/mol. The van der Waals surface area contributed by atoms with E-state index in [9.17, 15) is 9.59 Å². The Labute approximate surface area is 118 Å². The van der Waals surface area contributed by atoms with E-state index in [1.165, 1.54) is 23.6 Å². The van der Waals surface area contributed by atoms with Crippen molar-refractivity contribution in [1.82, 2.24) is 15.3 Å². The summed E-state index contributed by atoms with van der Waals surface area (Å²) in [7, 11) is 0. The number of pyridine rings is 1. The molecule has 0 aliphatic heterocycles. The fraction of sp³-hybridized carbons (Fsp3) is 0.0769. The Morgan fingerprint density at radius 3 is 2.80 bits per heavy atom. The second-order valence-corrected chi connectivity index (χ2v) is 4.74. The van der Waals surface area contributed by atoms with Crippen molar-refractivity contribution < 1.29 is 14.7 Å². The van der Waals surface area contributed by atoms with Gasteiger partial charge in [-0.15, -0.1) is 11.3 Å². The van der Waals surface area contributed by atoms with Gasteiger partial charge in [-0.2, -0.15) is 0 Å². The minimum atomic E-state index is -1.03. The molecule has 20 heavy (non-hydrogen) atoms. The third-order valence-corrected chi connectivity index (χ3v) is 3.10. The first-order chi connectivity index (χ1) is 9.65. The normalized spacial score (nSPS) is 10.6. The molecule has 2 N–H and O–H groups in total. The Bertz CT molecular complexity index is 621. The van der Waals surface area contributed by atoms with E-state index in [1.54, 1.807) is 18.3 Å². The summed E-state index contributed by atoms with van der Waals surface area (Å²) < 4.78 is 0. The van der Waals surface area contributed by atoms with E-state index in [0.29, 0.717) is 12.1 Å². The molecule has 0 unspecified atom stereocenters. The Morgan fingerprint density at radius 1 is 1.35 bits per heavy atom. The van der Waals surface area contributed by atoms with Crippen molar-refractivity contribution >= 4 is 29.3 Å². The number of carboxylic acids is 1. The predicted molar refractivity (Wildman–Crippen MR) is 74.2 cm³/mol. The number of thiazole rings is 1. The van der Waals surface area contributed by atoms with Gasteiger partial charge in [-0.25, -0.2) is 9.78 Å². The van der Waals surface area contributed by atoms with Crippen LogP contribution in [0.25, 0.3) is 6.08 Å². The minimum absolute atomic E-state index is 0.272. The summed E-state index contributed by atoms with van der Waals surface area (Å²) in [6.45, 7) is 0.360. The Balaban J connectivity index is 1.95. The van der Waals surface area contributed by atoms with Crippen LogP contribution >= 0.6 is 11.3 Å². The van der Waals surface area contributed by atoms with Crippen molar-refractivity contribution in [3.05, 3.63) is 52.2 Å². The topological polar surface area (TPSA) is 92.2 Å². The summed E-state index contributed by atoms with van der Waals surface area (Å²) in [6.07, 6.45) is 5.54. The van der Waals surface area contributed by atoms with Crippen LogP contribution in [0.3, 0.4) is 0 Å². The molecule has 2 aromatic rings. The molecule has 2 aromatic heterocycles. The first-order valence-electron chi connectivity index (χ1n) is 5.69. The molecule has 7 heteroatoms. The number of aromatic nitrogens is 2. The lowest BCUT2D eigenvalue weighted by molar-refractivity contribution is -0.131. The van der Waals surface area contributed by atoms with E-state index in [-0.39, 0.29) is 11.6 Å². The molecule has 0 bridgehead atoms. The van der Waals surface area contributed by atoms with Crippen molar-refractivity contribution in [2.75, 3.05) is 0 Å². The van der Waals surface area contributed by atoms with Crippen LogP contribution in [0, 0.1) is 0 Å². The lowest BCUT2D eigenvalue weighted by atomic mass is 10.2. The first kappa shape index (κ1) is 13.9. The molecule has 102 valence electrons. The van der Waals surface area contributed by atoms with Gasteiger partial charge in [0.05, 0.1) is 6.54 Å². The summed E-state index contributed by atoms with van der Waals surface area (Å²) >= 11 is 1.46. The summed E-state index contributed by atoms with van der Waals surface area (Å²) in [5.74, 6) is -1.33. The molecule has 0 saturated carbocycles. The van der Waals surface area contributed by atoms with Crippen LogP contribution < -0.4 is 5.32 Å². The van der Waals surface area contributed by atoms with Gasteiger partial charge in [-0.05, 0) is 17.7 Å². The number of amides is 1. The Hall–Kier alpha value is -2.54. The number of nitrogens with one attached hydrogen (secondary N) is 1. The number of carboxylic acid groups (broad SMARTS) is 1. The van der Waals surface area contributed by atoms with Gasteiger partial charge in [0.1, 0.15) is 10.7 Å². The summed E-state index contributed by atoms with van der Waals surface area (Å²) in [5, 5.41) is 13.9. The van der Waals surface area contributed by atoms with Crippen LogP contribution in [-0.2, 0) is 11.3 Å². The van der Waals surface area contributed by atoms with Crippen molar-refractivity contribution in [3.63, 3.8) is 0 Å². The van der Waals surface area contributed by atoms with Gasteiger partial charge >= 0.3 is 5.97 Å². The van der Waals surface area contributed by atoms with E-state index >= 15 is 0 Å². The molecule has 0 aliphatic rings. The van der Waals surface area contributed by atoms with E-state index in [4.69, 9.17) is 5.11 Å². The van der Waals surface area contributed by atoms with Crippen LogP contribution in [0.2, 0.25) is 0 Å². The quantitative estimate of drug-likeness (QED) is 0.815. The summed E-state index contributed by atoms with van der Waals surface area (Å²) in [4.78, 5) is 30.2. The predicted octanol–water partition coefficient (Wildman–Crippen LogP) is 1.57. The summed E-state index contributed by atoms with van der Waals surface area (Å²) in [6, 6.07) is 3.17. The molecule has 0 spiro atoms. The SMILES string of the molecule is O=C(O)C=Cc1ccc(C(=O)NCc2nccs2)nc1. The Morgan fingerprint density at radius 2 is 2.20 bits per heavy atom. The average Bonchev–Trinajstić information content (AvgIpc) is 2.96. The van der Waals surface area contributed by atoms with Crippen LogP contribution in [-0.4, -0.2) is 27.0 Å². The molecule has 0 aromatic carbocycles. The fourth-order valence-electron chi connectivity index (χ4n) is 1.39. The maximum Gasteiger partial charge on any atom is 0.328 e. The number of nitrogens with zero attached hydrogens (tertiary/aromatic N) is 2. The van der Waals surface area contributed by atoms with Gasteiger partial charge in [0.15, 0.2) is 0 Å². The van der Waals surface area contributed by atoms with E-state index < -0.39 is 5.97 Å². The third kappa shape index (κ3) is 3.99. The van der Waals surface area contributed by atoms with Crippen LogP contribution in [0.1, 0.15) is 21.1 Å². The highest BCUT2D eigenvalue weighted by Crippen LogP contribution is 2.05. The molecule has 0 aliphatic carbocycles. The van der Waals surface area contributed by atoms with Gasteiger partial charge in [0.2, 0.25) is 0 Å². The number of rotatable bonds is 5. The van der Waals surface area contributed by atoms with Crippen molar-refractivity contribution in [2.45, 2.75) is 6.54 Å². The second kappa shape index (κ2) is 6.58. The van der Waals surface area contributed by atoms with Crippen molar-refractivity contribution in [2.24, 2.45) is 0 Å². The highest BCUT2D eigenvalue weighted by Gasteiger charge is 2.07. The first-order valence-corrected chi connectivity index (χ1v) is 6.57. The van der Waals surface area contributed by atoms with Gasteiger partial charge in [0, 0.05) is 23.8 Å². The van der Waals surface area contributed by atoms with E-state index in [0.717, 1.165) is 11.1 Å². The smallest absolute Gasteiger partial charge is 0.328 e. The van der Waals surface area contributed by atoms with Gasteiger partial charge < -0.3 is 10.4 Å². The molecule has 0 atom stereocenters. The standard InChI is InChI=1S/C13H11N3O3S/c17-12(18)4-2-9-1-3-10(15-7-9)13(19)16-8-11-14-5-6-20-11/h1-7H,8H2,(H,16,19)(H,17,18). The fourth-order valence-corrected chi connectivity index (χ4v) is 1.95. The third-order valence-electron chi connectivity index (χ3n) is 2.32. The summed E-state index contributed by atoms with van der Waals surface area (Å²) in [5.41, 5.74) is 0.887. The number of hydrogen-bond donors (Lipinski definition) is 2. The maximum atomic E-state index is 11.8. The monoisotopic (exact) mass is 289 g/mol. The number of aliphatic carboxylic acids is 1. The van der Waals surface area contributed by atoms with Crippen LogP contribution in [0.15, 0.2) is 36.0 Å². The molecule has 6 nitrogen and oxygen atoms in total. The highest BCUT2D eigenvalue weighted by molar-refractivity contribution is 7.09. The molecular weight excluding hydrogens is 278 g/mol. The van der Waals surface area contributed by atoms with Gasteiger partial charge in [0.25, 0.3) is 5.91 Å². The highest BCUT2D eigenvalue weighted by atomic mass is 32.1. The lowest BCUT2D eigenvalue weighted by Crippen LogP contribution is -2.23. The number of carbonyl (C=O) groups excluding carboxylic acids is 1. The largest absolute Gasteiger partial charge is 0.478 e. The zero-order valence-electron chi connectivity index (χ0n) is 10.3. The van der Waals surface area contributed by atoms with E-state index in [1.807, 2.05) is 5.38 Å². The van der Waals surface area contributed by atoms with Crippen molar-refractivity contribution in [3.8, 4) is 0 Å². The number of hydrogen-bond acceptors (Lipinski definition) is 5. The van der Waals surface area contributed by atoms with Gasteiger partial charge in [-0.3, -0.25) is 9.78 Å². The molecule has 2 heterocycles. The number of carbonyl (C=O) groups is 2. The zero-order chi connectivity index (χ0) is 14.4. The minimum Gasteiger partial charge on any atom is -0.478 e. The van der Waals surface area contributed by atoms with Crippen molar-refractivity contribution in [1.29, 1.82) is 0 Å². The van der Waals surface area contributed by atoms with Crippen LogP contribution in [0.4, 0.5) is 0 Å². The van der Waals surface area contributed by atoms with Crippen LogP contribution in [0.5, 0.6) is 0 Å².